The zero-order valence-electron chi connectivity index (χ0n) is 22.5. The molecule has 2 fully saturated rings. The van der Waals surface area contributed by atoms with Gasteiger partial charge < -0.3 is 25.2 Å². The number of hydrogen-bond acceptors (Lipinski definition) is 5. The number of fused-ring (bicyclic) bond motifs is 1. The van der Waals surface area contributed by atoms with Gasteiger partial charge in [0.25, 0.3) is 5.91 Å². The van der Waals surface area contributed by atoms with Crippen molar-refractivity contribution < 1.29 is 19.1 Å². The average Bonchev–Trinajstić information content (AvgIpc) is 3.74. The van der Waals surface area contributed by atoms with Crippen LogP contribution in [0.2, 0.25) is 0 Å². The molecule has 202 valence electrons. The van der Waals surface area contributed by atoms with Crippen LogP contribution >= 0.6 is 0 Å². The minimum atomic E-state index is -0.725. The Bertz CT molecular complexity index is 1200. The van der Waals surface area contributed by atoms with Crippen molar-refractivity contribution in [2.75, 3.05) is 25.0 Å². The lowest BCUT2D eigenvalue weighted by Crippen LogP contribution is -2.56. The van der Waals surface area contributed by atoms with Gasteiger partial charge >= 0.3 is 0 Å². The van der Waals surface area contributed by atoms with Gasteiger partial charge in [-0.2, -0.15) is 0 Å². The van der Waals surface area contributed by atoms with Crippen LogP contribution in [0.1, 0.15) is 62.4 Å². The van der Waals surface area contributed by atoms with E-state index in [2.05, 4.69) is 17.6 Å². The largest absolute Gasteiger partial charge is 0.457 e. The summed E-state index contributed by atoms with van der Waals surface area (Å²) in [7, 11) is 0. The Kier molecular flexibility index (Phi) is 7.70. The van der Waals surface area contributed by atoms with Crippen molar-refractivity contribution >= 4 is 23.4 Å². The van der Waals surface area contributed by atoms with Crippen LogP contribution in [0.25, 0.3) is 0 Å². The fourth-order valence-corrected chi connectivity index (χ4v) is 5.51. The van der Waals surface area contributed by atoms with Crippen LogP contribution in [0.3, 0.4) is 0 Å². The number of nitrogens with zero attached hydrogens (tertiary/aromatic N) is 2. The average molecular weight is 519 g/mol. The Labute approximate surface area is 224 Å². The number of hydrogen-bond donors (Lipinski definition) is 2. The molecule has 5 rings (SSSR count). The van der Waals surface area contributed by atoms with E-state index in [1.54, 1.807) is 18.2 Å². The van der Waals surface area contributed by atoms with Crippen LogP contribution in [0.5, 0.6) is 11.5 Å². The van der Waals surface area contributed by atoms with E-state index in [1.807, 2.05) is 43.0 Å². The Hall–Kier alpha value is -3.39. The van der Waals surface area contributed by atoms with E-state index >= 15 is 0 Å². The number of carbonyl (C=O) groups is 3. The van der Waals surface area contributed by atoms with Crippen LogP contribution < -0.4 is 15.4 Å². The van der Waals surface area contributed by atoms with Gasteiger partial charge in [-0.05, 0) is 67.9 Å². The van der Waals surface area contributed by atoms with Gasteiger partial charge in [-0.25, -0.2) is 0 Å². The first-order valence-electron chi connectivity index (χ1n) is 13.9. The highest BCUT2D eigenvalue weighted by molar-refractivity contribution is 6.10. The second kappa shape index (κ2) is 11.2. The maximum atomic E-state index is 13.9. The standard InChI is InChI=1S/C30H38N4O4/c1-4-20-7-5-6-8-26(20)38-23-11-12-25-24(17-23)29(36)34(18-27(35)32-25)28(19(2)3)30(37)33-15-13-22(14-16-33)31-21-9-10-21/h5-8,11-12,17,19,21-22,28,31H,4,9-10,13-16,18H2,1-3H3,(H,32,35). The molecule has 3 aliphatic rings. The number of para-hydroxylation sites is 1. The Morgan fingerprint density at radius 2 is 1.76 bits per heavy atom. The number of rotatable bonds is 8. The van der Waals surface area contributed by atoms with Gasteiger partial charge in [-0.15, -0.1) is 0 Å². The summed E-state index contributed by atoms with van der Waals surface area (Å²) in [6.45, 7) is 7.07. The van der Waals surface area contributed by atoms with Crippen molar-refractivity contribution in [3.63, 3.8) is 0 Å². The molecular formula is C30H38N4O4. The molecule has 38 heavy (non-hydrogen) atoms. The highest BCUT2D eigenvalue weighted by Gasteiger charge is 2.40. The van der Waals surface area contributed by atoms with Crippen molar-refractivity contribution in [2.45, 2.75) is 71.0 Å². The van der Waals surface area contributed by atoms with Crippen molar-refractivity contribution in [1.82, 2.24) is 15.1 Å². The second-order valence-electron chi connectivity index (χ2n) is 11.0. The monoisotopic (exact) mass is 518 g/mol. The predicted octanol–water partition coefficient (Wildman–Crippen LogP) is 4.20. The summed E-state index contributed by atoms with van der Waals surface area (Å²) >= 11 is 0. The zero-order chi connectivity index (χ0) is 26.8. The predicted molar refractivity (Wildman–Crippen MR) is 146 cm³/mol. The first-order chi connectivity index (χ1) is 18.3. The summed E-state index contributed by atoms with van der Waals surface area (Å²) in [5.41, 5.74) is 1.82. The maximum absolute atomic E-state index is 13.9. The number of likely N-dealkylation sites (tertiary alicyclic amines) is 1. The molecule has 2 heterocycles. The third kappa shape index (κ3) is 5.70. The van der Waals surface area contributed by atoms with Gasteiger partial charge in [0.15, 0.2) is 0 Å². The van der Waals surface area contributed by atoms with E-state index in [0.717, 1.165) is 30.6 Å². The van der Waals surface area contributed by atoms with Crippen LogP contribution in [-0.2, 0) is 16.0 Å². The Balaban J connectivity index is 1.37. The molecule has 8 nitrogen and oxygen atoms in total. The normalized spacial score (nSPS) is 19.2. The van der Waals surface area contributed by atoms with E-state index in [4.69, 9.17) is 4.74 Å². The third-order valence-electron chi connectivity index (χ3n) is 7.73. The molecule has 3 amide bonds. The molecule has 1 atom stereocenters. The van der Waals surface area contributed by atoms with E-state index in [-0.39, 0.29) is 30.2 Å². The smallest absolute Gasteiger partial charge is 0.257 e. The van der Waals surface area contributed by atoms with E-state index in [9.17, 15) is 14.4 Å². The van der Waals surface area contributed by atoms with Crippen LogP contribution in [-0.4, -0.2) is 65.3 Å². The van der Waals surface area contributed by atoms with E-state index in [1.165, 1.54) is 17.7 Å². The number of aryl methyl sites for hydroxylation is 1. The van der Waals surface area contributed by atoms with Crippen LogP contribution in [0, 0.1) is 5.92 Å². The van der Waals surface area contributed by atoms with E-state index < -0.39 is 6.04 Å². The number of anilines is 1. The zero-order valence-corrected chi connectivity index (χ0v) is 22.5. The molecule has 0 radical (unpaired) electrons. The SMILES string of the molecule is CCc1ccccc1Oc1ccc2c(c1)C(=O)N(C(C(=O)N1CCC(NC3CC3)CC1)C(C)C)CC(=O)N2. The minimum absolute atomic E-state index is 0.0845. The minimum Gasteiger partial charge on any atom is -0.457 e. The topological polar surface area (TPSA) is 91.0 Å². The molecule has 2 N–H and O–H groups in total. The summed E-state index contributed by atoms with van der Waals surface area (Å²) in [5.74, 6) is 0.342. The third-order valence-corrected chi connectivity index (χ3v) is 7.73. The first-order valence-corrected chi connectivity index (χ1v) is 13.9. The fraction of sp³-hybridized carbons (Fsp3) is 0.500. The van der Waals surface area contributed by atoms with Gasteiger partial charge in [0, 0.05) is 25.2 Å². The lowest BCUT2D eigenvalue weighted by Gasteiger charge is -2.39. The number of piperidine rings is 1. The molecule has 2 aromatic carbocycles. The Morgan fingerprint density at radius 3 is 2.45 bits per heavy atom. The molecule has 0 spiro atoms. The fourth-order valence-electron chi connectivity index (χ4n) is 5.51. The van der Waals surface area contributed by atoms with Gasteiger partial charge in [0.1, 0.15) is 24.1 Å². The van der Waals surface area contributed by atoms with E-state index in [0.29, 0.717) is 42.2 Å². The maximum Gasteiger partial charge on any atom is 0.257 e. The number of ether oxygens (including phenoxy) is 1. The molecule has 2 aliphatic heterocycles. The lowest BCUT2D eigenvalue weighted by molar-refractivity contribution is -0.139. The molecule has 8 heteroatoms. The summed E-state index contributed by atoms with van der Waals surface area (Å²) < 4.78 is 6.15. The number of benzene rings is 2. The molecule has 1 saturated heterocycles. The summed E-state index contributed by atoms with van der Waals surface area (Å²) in [5, 5.41) is 6.51. The van der Waals surface area contributed by atoms with Gasteiger partial charge in [-0.3, -0.25) is 14.4 Å². The molecule has 0 aromatic heterocycles. The summed E-state index contributed by atoms with van der Waals surface area (Å²) in [4.78, 5) is 43.9. The molecule has 1 aliphatic carbocycles. The number of carbonyl (C=O) groups excluding carboxylic acids is 3. The van der Waals surface area contributed by atoms with Crippen molar-refractivity contribution in [1.29, 1.82) is 0 Å². The van der Waals surface area contributed by atoms with Crippen LogP contribution in [0.4, 0.5) is 5.69 Å². The second-order valence-corrected chi connectivity index (χ2v) is 11.0. The highest BCUT2D eigenvalue weighted by atomic mass is 16.5. The van der Waals surface area contributed by atoms with Crippen molar-refractivity contribution in [3.05, 3.63) is 53.6 Å². The van der Waals surface area contributed by atoms with Gasteiger partial charge in [0.05, 0.1) is 11.3 Å². The number of nitrogens with one attached hydrogen (secondary N) is 2. The highest BCUT2D eigenvalue weighted by Crippen LogP contribution is 2.32. The first kappa shape index (κ1) is 26.2. The van der Waals surface area contributed by atoms with Gasteiger partial charge in [0.2, 0.25) is 11.8 Å². The van der Waals surface area contributed by atoms with Crippen molar-refractivity contribution in [3.8, 4) is 11.5 Å². The molecular weight excluding hydrogens is 480 g/mol. The molecule has 1 unspecified atom stereocenters. The quantitative estimate of drug-likeness (QED) is 0.547. The summed E-state index contributed by atoms with van der Waals surface area (Å²) in [6, 6.07) is 13.3. The molecule has 0 bridgehead atoms. The van der Waals surface area contributed by atoms with Crippen LogP contribution in [0.15, 0.2) is 42.5 Å². The van der Waals surface area contributed by atoms with Crippen molar-refractivity contribution in [2.24, 2.45) is 5.92 Å². The lowest BCUT2D eigenvalue weighted by atomic mass is 9.97. The molecule has 2 aromatic rings. The summed E-state index contributed by atoms with van der Waals surface area (Å²) in [6.07, 6.45) is 5.12. The number of amides is 3. The Morgan fingerprint density at radius 1 is 1.05 bits per heavy atom. The van der Waals surface area contributed by atoms with Gasteiger partial charge in [-0.1, -0.05) is 39.0 Å². The molecule has 1 saturated carbocycles.